The van der Waals surface area contributed by atoms with Gasteiger partial charge in [-0.3, -0.25) is 19.6 Å². The molecule has 0 radical (unpaired) electrons. The summed E-state index contributed by atoms with van der Waals surface area (Å²) < 4.78 is 3.26. The zero-order valence-corrected chi connectivity index (χ0v) is 14.7. The minimum atomic E-state index is -0.155. The van der Waals surface area contributed by atoms with Gasteiger partial charge in [0, 0.05) is 24.0 Å². The Kier molecular flexibility index (Phi) is 4.15. The van der Waals surface area contributed by atoms with Crippen LogP contribution in [0.25, 0.3) is 5.69 Å². The Labute approximate surface area is 144 Å². The number of aromatic nitrogens is 4. The first kappa shape index (κ1) is 16.3. The SMILES string of the molecule is Cc1nn(C)c(C)c1N=Cc1c(C)[nH]n(-c2ccc(Cl)cc2)c1=O. The second-order valence-corrected chi connectivity index (χ2v) is 6.11. The summed E-state index contributed by atoms with van der Waals surface area (Å²) in [5.41, 5.74) is 4.41. The highest BCUT2D eigenvalue weighted by molar-refractivity contribution is 6.30. The predicted octanol–water partition coefficient (Wildman–Crippen LogP) is 3.23. The van der Waals surface area contributed by atoms with Gasteiger partial charge in [-0.2, -0.15) is 5.10 Å². The molecule has 7 heteroatoms. The zero-order valence-electron chi connectivity index (χ0n) is 14.0. The van der Waals surface area contributed by atoms with Crippen LogP contribution in [0.15, 0.2) is 34.1 Å². The molecule has 2 heterocycles. The molecule has 0 bridgehead atoms. The highest BCUT2D eigenvalue weighted by Crippen LogP contribution is 2.22. The molecule has 6 nitrogen and oxygen atoms in total. The molecule has 0 amide bonds. The molecule has 0 aliphatic rings. The Hall–Kier alpha value is -2.60. The molecule has 0 spiro atoms. The van der Waals surface area contributed by atoms with Crippen molar-refractivity contribution < 1.29 is 0 Å². The summed E-state index contributed by atoms with van der Waals surface area (Å²) in [7, 11) is 1.87. The van der Waals surface area contributed by atoms with Crippen LogP contribution in [0.4, 0.5) is 5.69 Å². The maximum Gasteiger partial charge on any atom is 0.280 e. The number of hydrogen-bond acceptors (Lipinski definition) is 3. The maximum atomic E-state index is 12.7. The lowest BCUT2D eigenvalue weighted by Crippen LogP contribution is -2.17. The molecular formula is C17H18ClN5O. The summed E-state index contributed by atoms with van der Waals surface area (Å²) in [4.78, 5) is 17.1. The first-order chi connectivity index (χ1) is 11.4. The van der Waals surface area contributed by atoms with Gasteiger partial charge in [-0.1, -0.05) is 11.6 Å². The molecule has 0 aliphatic heterocycles. The van der Waals surface area contributed by atoms with Gasteiger partial charge in [0.2, 0.25) is 0 Å². The molecule has 3 aromatic rings. The second-order valence-electron chi connectivity index (χ2n) is 5.67. The minimum absolute atomic E-state index is 0.155. The van der Waals surface area contributed by atoms with Crippen molar-refractivity contribution in [3.8, 4) is 5.69 Å². The number of aromatic amines is 1. The molecular weight excluding hydrogens is 326 g/mol. The largest absolute Gasteiger partial charge is 0.295 e. The Bertz CT molecular complexity index is 976. The predicted molar refractivity (Wildman–Crippen MR) is 96.1 cm³/mol. The lowest BCUT2D eigenvalue weighted by molar-refractivity contribution is 0.731. The van der Waals surface area contributed by atoms with E-state index in [1.165, 1.54) is 4.68 Å². The van der Waals surface area contributed by atoms with E-state index in [-0.39, 0.29) is 5.56 Å². The third-order valence-corrected chi connectivity index (χ3v) is 4.25. The van der Waals surface area contributed by atoms with E-state index in [2.05, 4.69) is 15.2 Å². The summed E-state index contributed by atoms with van der Waals surface area (Å²) in [6.45, 7) is 5.69. The number of benzene rings is 1. The molecule has 2 aromatic heterocycles. The second kappa shape index (κ2) is 6.13. The van der Waals surface area contributed by atoms with Crippen LogP contribution in [0.3, 0.4) is 0 Å². The summed E-state index contributed by atoms with van der Waals surface area (Å²) in [5, 5.41) is 8.02. The quantitative estimate of drug-likeness (QED) is 0.742. The number of rotatable bonds is 3. The van der Waals surface area contributed by atoms with E-state index in [1.807, 2.05) is 27.8 Å². The molecule has 0 saturated carbocycles. The van der Waals surface area contributed by atoms with Crippen molar-refractivity contribution in [2.75, 3.05) is 0 Å². The standard InChI is InChI=1S/C17H18ClN5O/c1-10-15(9-19-16-11(2)20-22(4)12(16)3)17(24)23(21-10)14-7-5-13(18)6-8-14/h5-9,21H,1-4H3. The lowest BCUT2D eigenvalue weighted by Gasteiger charge is -2.00. The molecule has 0 unspecified atom stereocenters. The van der Waals surface area contributed by atoms with Crippen LogP contribution in [-0.2, 0) is 7.05 Å². The van der Waals surface area contributed by atoms with Crippen LogP contribution in [0, 0.1) is 20.8 Å². The fourth-order valence-corrected chi connectivity index (χ4v) is 2.69. The number of aliphatic imine (C=N–C) groups is 1. The van der Waals surface area contributed by atoms with E-state index in [0.29, 0.717) is 10.6 Å². The molecule has 0 fully saturated rings. The fourth-order valence-electron chi connectivity index (χ4n) is 2.56. The number of hydrogen-bond donors (Lipinski definition) is 1. The summed E-state index contributed by atoms with van der Waals surface area (Å²) in [5.74, 6) is 0. The Morgan fingerprint density at radius 1 is 1.21 bits per heavy atom. The maximum absolute atomic E-state index is 12.7. The molecule has 3 rings (SSSR count). The Morgan fingerprint density at radius 2 is 1.88 bits per heavy atom. The first-order valence-electron chi connectivity index (χ1n) is 7.50. The van der Waals surface area contributed by atoms with E-state index < -0.39 is 0 Å². The van der Waals surface area contributed by atoms with Gasteiger partial charge < -0.3 is 0 Å². The Morgan fingerprint density at radius 3 is 2.46 bits per heavy atom. The summed E-state index contributed by atoms with van der Waals surface area (Å²) in [6, 6.07) is 7.07. The highest BCUT2D eigenvalue weighted by atomic mass is 35.5. The van der Waals surface area contributed by atoms with E-state index in [0.717, 1.165) is 28.5 Å². The number of nitrogens with zero attached hydrogens (tertiary/aromatic N) is 4. The number of H-pyrrole nitrogens is 1. The van der Waals surface area contributed by atoms with Crippen LogP contribution in [0.1, 0.15) is 22.6 Å². The van der Waals surface area contributed by atoms with Crippen LogP contribution in [-0.4, -0.2) is 25.8 Å². The van der Waals surface area contributed by atoms with Gasteiger partial charge in [0.25, 0.3) is 5.56 Å². The summed E-state index contributed by atoms with van der Waals surface area (Å²) in [6.07, 6.45) is 1.59. The van der Waals surface area contributed by atoms with Gasteiger partial charge in [0.05, 0.1) is 22.6 Å². The number of halogens is 1. The third-order valence-electron chi connectivity index (χ3n) is 4.00. The van der Waals surface area contributed by atoms with E-state index in [9.17, 15) is 4.79 Å². The van der Waals surface area contributed by atoms with Crippen molar-refractivity contribution in [2.24, 2.45) is 12.0 Å². The average Bonchev–Trinajstić information content (AvgIpc) is 2.95. The zero-order chi connectivity index (χ0) is 17.4. The van der Waals surface area contributed by atoms with Crippen molar-refractivity contribution in [1.82, 2.24) is 19.6 Å². The van der Waals surface area contributed by atoms with Gasteiger partial charge >= 0.3 is 0 Å². The number of aryl methyl sites for hydroxylation is 3. The fraction of sp³-hybridized carbons (Fsp3) is 0.235. The normalized spacial score (nSPS) is 11.5. The van der Waals surface area contributed by atoms with Crippen molar-refractivity contribution in [3.63, 3.8) is 0 Å². The third kappa shape index (κ3) is 2.80. The Balaban J connectivity index is 2.02. The minimum Gasteiger partial charge on any atom is -0.295 e. The van der Waals surface area contributed by atoms with Gasteiger partial charge in [-0.05, 0) is 45.0 Å². The molecule has 1 aromatic carbocycles. The van der Waals surface area contributed by atoms with Crippen LogP contribution < -0.4 is 5.56 Å². The van der Waals surface area contributed by atoms with Crippen LogP contribution >= 0.6 is 11.6 Å². The van der Waals surface area contributed by atoms with E-state index in [4.69, 9.17) is 11.6 Å². The van der Waals surface area contributed by atoms with Crippen LogP contribution in [0.2, 0.25) is 5.02 Å². The lowest BCUT2D eigenvalue weighted by atomic mass is 10.2. The van der Waals surface area contributed by atoms with Crippen molar-refractivity contribution in [3.05, 3.63) is 62.3 Å². The smallest absolute Gasteiger partial charge is 0.280 e. The van der Waals surface area contributed by atoms with E-state index in [1.54, 1.807) is 35.2 Å². The molecule has 24 heavy (non-hydrogen) atoms. The topological polar surface area (TPSA) is 68.0 Å². The molecule has 0 aliphatic carbocycles. The highest BCUT2D eigenvalue weighted by Gasteiger charge is 2.12. The molecule has 124 valence electrons. The number of nitrogens with one attached hydrogen (secondary N) is 1. The summed E-state index contributed by atoms with van der Waals surface area (Å²) >= 11 is 5.90. The molecule has 0 atom stereocenters. The monoisotopic (exact) mass is 343 g/mol. The van der Waals surface area contributed by atoms with Crippen molar-refractivity contribution >= 4 is 23.5 Å². The van der Waals surface area contributed by atoms with Crippen molar-refractivity contribution in [2.45, 2.75) is 20.8 Å². The van der Waals surface area contributed by atoms with Gasteiger partial charge in [0.15, 0.2) is 0 Å². The van der Waals surface area contributed by atoms with Crippen molar-refractivity contribution in [1.29, 1.82) is 0 Å². The van der Waals surface area contributed by atoms with Gasteiger partial charge in [0.1, 0.15) is 5.69 Å². The molecule has 0 saturated heterocycles. The average molecular weight is 344 g/mol. The first-order valence-corrected chi connectivity index (χ1v) is 7.88. The van der Waals surface area contributed by atoms with Gasteiger partial charge in [-0.15, -0.1) is 0 Å². The van der Waals surface area contributed by atoms with E-state index >= 15 is 0 Å². The molecule has 1 N–H and O–H groups in total. The van der Waals surface area contributed by atoms with Gasteiger partial charge in [-0.25, -0.2) is 4.68 Å². The van der Waals surface area contributed by atoms with Crippen LogP contribution in [0.5, 0.6) is 0 Å².